The highest BCUT2D eigenvalue weighted by atomic mass is 32.2. The zero-order valence-electron chi connectivity index (χ0n) is 17.3. The van der Waals surface area contributed by atoms with Crippen LogP contribution >= 0.6 is 0 Å². The van der Waals surface area contributed by atoms with Crippen molar-refractivity contribution in [2.24, 2.45) is 11.8 Å². The lowest BCUT2D eigenvalue weighted by molar-refractivity contribution is -0.137. The number of alkyl halides is 3. The van der Waals surface area contributed by atoms with Crippen LogP contribution in [0.1, 0.15) is 41.8 Å². The molecule has 168 valence electrons. The van der Waals surface area contributed by atoms with E-state index >= 15 is 0 Å². The summed E-state index contributed by atoms with van der Waals surface area (Å²) in [6.45, 7) is 5.55. The molecule has 0 aromatic heterocycles. The second-order valence-corrected chi connectivity index (χ2v) is 9.97. The van der Waals surface area contributed by atoms with E-state index in [9.17, 15) is 26.4 Å². The van der Waals surface area contributed by atoms with E-state index in [0.717, 1.165) is 24.6 Å². The van der Waals surface area contributed by atoms with E-state index in [1.54, 1.807) is 24.3 Å². The van der Waals surface area contributed by atoms with Gasteiger partial charge < -0.3 is 4.90 Å². The summed E-state index contributed by atoms with van der Waals surface area (Å²) in [5, 5.41) is 0. The number of halogens is 3. The minimum absolute atomic E-state index is 0.0607. The van der Waals surface area contributed by atoms with Crippen LogP contribution in [0.5, 0.6) is 0 Å². The Morgan fingerprint density at radius 3 is 2.26 bits per heavy atom. The molecule has 0 saturated carbocycles. The molecular formula is C22H25F3N2O3S. The maximum Gasteiger partial charge on any atom is 0.416 e. The number of piperidine rings is 1. The van der Waals surface area contributed by atoms with Gasteiger partial charge in [0.25, 0.3) is 5.91 Å². The predicted molar refractivity (Wildman–Crippen MR) is 111 cm³/mol. The molecule has 0 bridgehead atoms. The van der Waals surface area contributed by atoms with Gasteiger partial charge in [-0.25, -0.2) is 13.1 Å². The molecule has 0 unspecified atom stereocenters. The number of hydrogen-bond acceptors (Lipinski definition) is 3. The van der Waals surface area contributed by atoms with Crippen molar-refractivity contribution < 1.29 is 26.4 Å². The van der Waals surface area contributed by atoms with E-state index in [0.29, 0.717) is 42.1 Å². The fourth-order valence-electron chi connectivity index (χ4n) is 3.88. The summed E-state index contributed by atoms with van der Waals surface area (Å²) >= 11 is 0. The Bertz CT molecular complexity index is 1030. The molecule has 5 nitrogen and oxygen atoms in total. The van der Waals surface area contributed by atoms with Crippen LogP contribution in [0.25, 0.3) is 0 Å². The second-order valence-electron chi connectivity index (χ2n) is 8.20. The topological polar surface area (TPSA) is 66.5 Å². The van der Waals surface area contributed by atoms with E-state index in [4.69, 9.17) is 0 Å². The first-order chi connectivity index (χ1) is 14.5. The molecular weight excluding hydrogens is 429 g/mol. The summed E-state index contributed by atoms with van der Waals surface area (Å²) in [5.41, 5.74) is 0.0813. The Morgan fingerprint density at radius 1 is 1.06 bits per heavy atom. The monoisotopic (exact) mass is 454 g/mol. The number of sulfonamides is 1. The van der Waals surface area contributed by atoms with Gasteiger partial charge in [0.05, 0.1) is 10.5 Å². The van der Waals surface area contributed by atoms with Crippen molar-refractivity contribution in [3.63, 3.8) is 0 Å². The molecule has 2 atom stereocenters. The Hall–Kier alpha value is -2.39. The summed E-state index contributed by atoms with van der Waals surface area (Å²) in [6, 6.07) is 10.1. The number of benzene rings is 2. The molecule has 3 rings (SSSR count). The third-order valence-corrected chi connectivity index (χ3v) is 6.69. The molecule has 2 aromatic carbocycles. The van der Waals surface area contributed by atoms with Crippen LogP contribution in [-0.4, -0.2) is 32.3 Å². The first kappa shape index (κ1) is 23.3. The largest absolute Gasteiger partial charge is 0.416 e. The Kier molecular flexibility index (Phi) is 6.76. The molecule has 31 heavy (non-hydrogen) atoms. The van der Waals surface area contributed by atoms with Crippen molar-refractivity contribution in [2.45, 2.75) is 37.9 Å². The number of hydrogen-bond donors (Lipinski definition) is 1. The van der Waals surface area contributed by atoms with Gasteiger partial charge in [-0.1, -0.05) is 32.0 Å². The summed E-state index contributed by atoms with van der Waals surface area (Å²) in [5.74, 6) is 0.823. The fraction of sp³-hybridized carbons (Fsp3) is 0.409. The van der Waals surface area contributed by atoms with E-state index in [1.165, 1.54) is 0 Å². The van der Waals surface area contributed by atoms with E-state index in [2.05, 4.69) is 18.6 Å². The van der Waals surface area contributed by atoms with Crippen LogP contribution in [0.2, 0.25) is 0 Å². The average molecular weight is 455 g/mol. The minimum Gasteiger partial charge on any atom is -0.338 e. The summed E-state index contributed by atoms with van der Waals surface area (Å²) in [4.78, 5) is 14.1. The summed E-state index contributed by atoms with van der Waals surface area (Å²) < 4.78 is 65.6. The normalized spacial score (nSPS) is 20.0. The maximum atomic E-state index is 12.8. The van der Waals surface area contributed by atoms with E-state index in [-0.39, 0.29) is 12.5 Å². The van der Waals surface area contributed by atoms with Crippen molar-refractivity contribution in [1.82, 2.24) is 9.62 Å². The highest BCUT2D eigenvalue weighted by molar-refractivity contribution is 7.89. The van der Waals surface area contributed by atoms with Gasteiger partial charge in [-0.2, -0.15) is 13.2 Å². The van der Waals surface area contributed by atoms with Gasteiger partial charge in [-0.05, 0) is 54.2 Å². The third kappa shape index (κ3) is 5.86. The van der Waals surface area contributed by atoms with Crippen LogP contribution in [0.15, 0.2) is 53.4 Å². The number of carbonyl (C=O) groups excluding carboxylic acids is 1. The van der Waals surface area contributed by atoms with Crippen LogP contribution in [-0.2, 0) is 22.7 Å². The van der Waals surface area contributed by atoms with Gasteiger partial charge in [0, 0.05) is 25.2 Å². The number of nitrogens with one attached hydrogen (secondary N) is 1. The molecule has 0 spiro atoms. The van der Waals surface area contributed by atoms with Crippen LogP contribution in [0.3, 0.4) is 0 Å². The number of nitrogens with zero attached hydrogens (tertiary/aromatic N) is 1. The molecule has 0 aliphatic carbocycles. The Balaban J connectivity index is 1.66. The molecule has 1 N–H and O–H groups in total. The van der Waals surface area contributed by atoms with Crippen molar-refractivity contribution in [3.05, 3.63) is 65.2 Å². The molecule has 1 aliphatic rings. The van der Waals surface area contributed by atoms with Crippen molar-refractivity contribution in [2.75, 3.05) is 13.1 Å². The van der Waals surface area contributed by atoms with Gasteiger partial charge >= 0.3 is 6.18 Å². The SMILES string of the molecule is C[C@@H]1C[C@@H](C)CN(C(=O)c2ccc(CNS(=O)(=O)c3cccc(C(F)(F)F)c3)cc2)C1. The fourth-order valence-corrected chi connectivity index (χ4v) is 4.94. The lowest BCUT2D eigenvalue weighted by Gasteiger charge is -2.35. The van der Waals surface area contributed by atoms with Gasteiger partial charge in [-0.15, -0.1) is 0 Å². The molecule has 1 fully saturated rings. The average Bonchev–Trinajstić information content (AvgIpc) is 2.71. The van der Waals surface area contributed by atoms with E-state index < -0.39 is 26.7 Å². The number of carbonyl (C=O) groups is 1. The van der Waals surface area contributed by atoms with Gasteiger partial charge in [-0.3, -0.25) is 4.79 Å². The van der Waals surface area contributed by atoms with E-state index in [1.807, 2.05) is 4.90 Å². The lowest BCUT2D eigenvalue weighted by Crippen LogP contribution is -2.42. The van der Waals surface area contributed by atoms with Crippen LogP contribution < -0.4 is 4.72 Å². The summed E-state index contributed by atoms with van der Waals surface area (Å²) in [6.07, 6.45) is -3.54. The smallest absolute Gasteiger partial charge is 0.338 e. The number of amides is 1. The van der Waals surface area contributed by atoms with Gasteiger partial charge in [0.2, 0.25) is 10.0 Å². The van der Waals surface area contributed by atoms with Crippen LogP contribution in [0, 0.1) is 11.8 Å². The van der Waals surface area contributed by atoms with Crippen molar-refractivity contribution >= 4 is 15.9 Å². The van der Waals surface area contributed by atoms with Crippen LogP contribution in [0.4, 0.5) is 13.2 Å². The molecule has 1 amide bonds. The lowest BCUT2D eigenvalue weighted by atomic mass is 9.91. The Labute approximate surface area is 180 Å². The minimum atomic E-state index is -4.63. The number of likely N-dealkylation sites (tertiary alicyclic amines) is 1. The third-order valence-electron chi connectivity index (χ3n) is 5.29. The molecule has 0 radical (unpaired) electrons. The zero-order chi connectivity index (χ0) is 22.8. The quantitative estimate of drug-likeness (QED) is 0.733. The Morgan fingerprint density at radius 2 is 1.68 bits per heavy atom. The maximum absolute atomic E-state index is 12.8. The molecule has 2 aromatic rings. The second kappa shape index (κ2) is 9.00. The van der Waals surface area contributed by atoms with Crippen molar-refractivity contribution in [3.8, 4) is 0 Å². The highest BCUT2D eigenvalue weighted by Crippen LogP contribution is 2.30. The standard InChI is InChI=1S/C22H25F3N2O3S/c1-15-10-16(2)14-27(13-15)21(28)18-8-6-17(7-9-18)12-26-31(29,30)20-5-3-4-19(11-20)22(23,24)25/h3-9,11,15-16,26H,10,12-14H2,1-2H3/t15-,16-/m1/s1. The molecule has 1 heterocycles. The van der Waals surface area contributed by atoms with Gasteiger partial charge in [0.1, 0.15) is 0 Å². The molecule has 1 saturated heterocycles. The highest BCUT2D eigenvalue weighted by Gasteiger charge is 2.31. The first-order valence-electron chi connectivity index (χ1n) is 10.0. The summed E-state index contributed by atoms with van der Waals surface area (Å²) in [7, 11) is -4.12. The van der Waals surface area contributed by atoms with Gasteiger partial charge in [0.15, 0.2) is 0 Å². The molecule has 9 heteroatoms. The van der Waals surface area contributed by atoms with Crippen molar-refractivity contribution in [1.29, 1.82) is 0 Å². The molecule has 1 aliphatic heterocycles. The zero-order valence-corrected chi connectivity index (χ0v) is 18.1. The first-order valence-corrected chi connectivity index (χ1v) is 11.5. The predicted octanol–water partition coefficient (Wildman–Crippen LogP) is 4.30. The number of rotatable bonds is 5.